The Morgan fingerprint density at radius 3 is 1.75 bits per heavy atom. The van der Waals surface area contributed by atoms with Gasteiger partial charge in [0.25, 0.3) is 0 Å². The van der Waals surface area contributed by atoms with Crippen molar-refractivity contribution >= 4 is 0 Å². The van der Waals surface area contributed by atoms with Crippen LogP contribution in [-0.2, 0) is 0 Å². The van der Waals surface area contributed by atoms with Gasteiger partial charge >= 0.3 is 0 Å². The summed E-state index contributed by atoms with van der Waals surface area (Å²) in [4.78, 5) is 4.56. The molecule has 0 aliphatic rings. The summed E-state index contributed by atoms with van der Waals surface area (Å²) in [7, 11) is 6.40. The molecule has 0 amide bonds. The number of hydrogen-bond donors (Lipinski definition) is 0. The molecule has 0 rings (SSSR count). The molecule has 0 fully saturated rings. The Labute approximate surface area is 78.5 Å². The average molecular weight is 174 g/mol. The molecule has 0 heterocycles. The Hall–Kier alpha value is -0.0800. The highest BCUT2D eigenvalue weighted by Crippen LogP contribution is 1.87. The van der Waals surface area contributed by atoms with Gasteiger partial charge in [0.1, 0.15) is 0 Å². The minimum Gasteiger partial charge on any atom is -0.309 e. The smallest absolute Gasteiger partial charge is 0.000972 e. The number of rotatable bonds is 5. The molecule has 0 aromatic carbocycles. The quantitative estimate of drug-likeness (QED) is 0.628. The Kier molecular flexibility index (Phi) is 13.1. The van der Waals surface area contributed by atoms with Crippen LogP contribution in [0.4, 0.5) is 0 Å². The summed E-state index contributed by atoms with van der Waals surface area (Å²) in [6, 6.07) is 0. The molecule has 0 spiro atoms. The topological polar surface area (TPSA) is 6.48 Å². The molecule has 2 nitrogen and oxygen atoms in total. The summed E-state index contributed by atoms with van der Waals surface area (Å²) in [5, 5.41) is 0. The van der Waals surface area contributed by atoms with Gasteiger partial charge in [-0.15, -0.1) is 0 Å². The minimum atomic E-state index is 1.16. The van der Waals surface area contributed by atoms with Gasteiger partial charge < -0.3 is 9.80 Å². The van der Waals surface area contributed by atoms with E-state index in [2.05, 4.69) is 37.9 Å². The summed E-state index contributed by atoms with van der Waals surface area (Å²) >= 11 is 0. The van der Waals surface area contributed by atoms with Crippen molar-refractivity contribution in [2.75, 3.05) is 40.8 Å². The Morgan fingerprint density at radius 2 is 1.42 bits per heavy atom. The summed E-state index contributed by atoms with van der Waals surface area (Å²) in [5.74, 6) is 0. The number of nitrogens with zero attached hydrogens (tertiary/aromatic N) is 2. The van der Waals surface area contributed by atoms with Crippen molar-refractivity contribution < 1.29 is 0 Å². The molecule has 0 atom stereocenters. The van der Waals surface area contributed by atoms with Crippen molar-refractivity contribution in [1.29, 1.82) is 0 Å². The summed E-state index contributed by atoms with van der Waals surface area (Å²) in [5.41, 5.74) is 0. The predicted octanol–water partition coefficient (Wildman–Crippen LogP) is 1.92. The van der Waals surface area contributed by atoms with Crippen LogP contribution >= 0.6 is 0 Å². The molecule has 0 aliphatic heterocycles. The van der Waals surface area contributed by atoms with Crippen LogP contribution in [0.1, 0.15) is 27.2 Å². The van der Waals surface area contributed by atoms with Gasteiger partial charge in [-0.05, 0) is 47.2 Å². The van der Waals surface area contributed by atoms with Crippen LogP contribution in [0.3, 0.4) is 0 Å². The zero-order valence-electron chi connectivity index (χ0n) is 9.72. The summed E-state index contributed by atoms with van der Waals surface area (Å²) < 4.78 is 0. The van der Waals surface area contributed by atoms with Gasteiger partial charge in [0.05, 0.1) is 0 Å². The van der Waals surface area contributed by atoms with E-state index in [1.54, 1.807) is 0 Å². The molecular weight excluding hydrogens is 148 g/mol. The van der Waals surface area contributed by atoms with Gasteiger partial charge in [-0.1, -0.05) is 20.8 Å². The molecule has 12 heavy (non-hydrogen) atoms. The van der Waals surface area contributed by atoms with Gasteiger partial charge in [-0.25, -0.2) is 0 Å². The second-order valence-corrected chi connectivity index (χ2v) is 3.05. The zero-order valence-corrected chi connectivity index (χ0v) is 9.72. The fourth-order valence-corrected chi connectivity index (χ4v) is 0.815. The van der Waals surface area contributed by atoms with Crippen LogP contribution in [0.15, 0.2) is 0 Å². The van der Waals surface area contributed by atoms with Crippen LogP contribution in [-0.4, -0.2) is 50.6 Å². The van der Waals surface area contributed by atoms with E-state index in [9.17, 15) is 0 Å². The second kappa shape index (κ2) is 10.9. The summed E-state index contributed by atoms with van der Waals surface area (Å²) in [6.45, 7) is 9.77. The van der Waals surface area contributed by atoms with Crippen LogP contribution in [0.5, 0.6) is 0 Å². The van der Waals surface area contributed by atoms with Crippen molar-refractivity contribution in [1.82, 2.24) is 9.80 Å². The van der Waals surface area contributed by atoms with Crippen molar-refractivity contribution in [2.24, 2.45) is 0 Å². The van der Waals surface area contributed by atoms with Gasteiger partial charge in [-0.2, -0.15) is 0 Å². The zero-order chi connectivity index (χ0) is 9.98. The molecule has 2 heteroatoms. The molecule has 76 valence electrons. The van der Waals surface area contributed by atoms with Gasteiger partial charge in [0, 0.05) is 0 Å². The standard InChI is InChI=1S/C8H20N2.C2H6/c1-5-10(4)8-6-7-9(2)3;1-2/h5-8H2,1-4H3;1-2H3. The van der Waals surface area contributed by atoms with E-state index in [4.69, 9.17) is 0 Å². The first-order chi connectivity index (χ1) is 5.66. The molecule has 0 unspecified atom stereocenters. The lowest BCUT2D eigenvalue weighted by Gasteiger charge is -2.15. The van der Waals surface area contributed by atoms with Crippen molar-refractivity contribution in [3.05, 3.63) is 0 Å². The van der Waals surface area contributed by atoms with E-state index >= 15 is 0 Å². The Morgan fingerprint density at radius 1 is 0.917 bits per heavy atom. The maximum Gasteiger partial charge on any atom is -0.000972 e. The van der Waals surface area contributed by atoms with E-state index in [1.165, 1.54) is 19.5 Å². The molecule has 0 aliphatic carbocycles. The normalized spacial score (nSPS) is 10.0. The lowest BCUT2D eigenvalue weighted by atomic mass is 10.4. The molecule has 0 aromatic rings. The van der Waals surface area contributed by atoms with Crippen LogP contribution in [0.25, 0.3) is 0 Å². The van der Waals surface area contributed by atoms with E-state index in [-0.39, 0.29) is 0 Å². The fraction of sp³-hybridized carbons (Fsp3) is 1.00. The SMILES string of the molecule is CC.CCN(C)CCCN(C)C. The second-order valence-electron chi connectivity index (χ2n) is 3.05. The lowest BCUT2D eigenvalue weighted by molar-refractivity contribution is 0.312. The molecule has 0 bridgehead atoms. The largest absolute Gasteiger partial charge is 0.309 e. The molecule has 0 radical (unpaired) electrons. The van der Waals surface area contributed by atoms with Gasteiger partial charge in [0.2, 0.25) is 0 Å². The highest BCUT2D eigenvalue weighted by atomic mass is 15.1. The molecule has 0 saturated heterocycles. The molecule has 0 aromatic heterocycles. The Bertz CT molecular complexity index is 72.2. The molecule has 0 saturated carbocycles. The van der Waals surface area contributed by atoms with Crippen molar-refractivity contribution in [3.63, 3.8) is 0 Å². The van der Waals surface area contributed by atoms with E-state index < -0.39 is 0 Å². The Balaban J connectivity index is 0. The molecular formula is C10H26N2. The minimum absolute atomic E-state index is 1.16. The predicted molar refractivity (Wildman–Crippen MR) is 57.7 cm³/mol. The third-order valence-corrected chi connectivity index (χ3v) is 1.68. The van der Waals surface area contributed by atoms with E-state index in [1.807, 2.05) is 13.8 Å². The van der Waals surface area contributed by atoms with Crippen LogP contribution in [0.2, 0.25) is 0 Å². The van der Waals surface area contributed by atoms with Gasteiger partial charge in [-0.3, -0.25) is 0 Å². The number of hydrogen-bond acceptors (Lipinski definition) is 2. The third-order valence-electron chi connectivity index (χ3n) is 1.68. The maximum absolute atomic E-state index is 2.34. The average Bonchev–Trinajstić information content (AvgIpc) is 2.07. The first kappa shape index (κ1) is 14.4. The van der Waals surface area contributed by atoms with E-state index in [0.717, 1.165) is 6.54 Å². The monoisotopic (exact) mass is 174 g/mol. The van der Waals surface area contributed by atoms with E-state index in [0.29, 0.717) is 0 Å². The van der Waals surface area contributed by atoms with Crippen LogP contribution < -0.4 is 0 Å². The highest BCUT2D eigenvalue weighted by molar-refractivity contribution is 4.50. The summed E-state index contributed by atoms with van der Waals surface area (Å²) in [6.07, 6.45) is 1.28. The first-order valence-corrected chi connectivity index (χ1v) is 5.00. The van der Waals surface area contributed by atoms with Crippen molar-refractivity contribution in [3.8, 4) is 0 Å². The fourth-order valence-electron chi connectivity index (χ4n) is 0.815. The molecule has 0 N–H and O–H groups in total. The van der Waals surface area contributed by atoms with Gasteiger partial charge in [0.15, 0.2) is 0 Å². The maximum atomic E-state index is 2.34. The first-order valence-electron chi connectivity index (χ1n) is 5.00. The highest BCUT2D eigenvalue weighted by Gasteiger charge is 1.94. The van der Waals surface area contributed by atoms with Crippen LogP contribution in [0, 0.1) is 0 Å². The third kappa shape index (κ3) is 12.6. The lowest BCUT2D eigenvalue weighted by Crippen LogP contribution is -2.23. The van der Waals surface area contributed by atoms with Crippen molar-refractivity contribution in [2.45, 2.75) is 27.2 Å².